The predicted octanol–water partition coefficient (Wildman–Crippen LogP) is 7.24. The molecular formula is C19H27Cl3SiTi. The van der Waals surface area contributed by atoms with Crippen molar-refractivity contribution in [3.8, 4) is 0 Å². The van der Waals surface area contributed by atoms with E-state index >= 15 is 0 Å². The number of rotatable bonds is 7. The Morgan fingerprint density at radius 1 is 1.12 bits per heavy atom. The predicted molar refractivity (Wildman–Crippen MR) is 110 cm³/mol. The van der Waals surface area contributed by atoms with Crippen molar-refractivity contribution in [3.05, 3.63) is 54.1 Å². The molecule has 1 aromatic rings. The third-order valence-electron chi connectivity index (χ3n) is 5.42. The molecule has 1 aliphatic carbocycles. The van der Waals surface area contributed by atoms with Crippen molar-refractivity contribution >= 4 is 41.2 Å². The van der Waals surface area contributed by atoms with Crippen molar-refractivity contribution in [2.75, 3.05) is 0 Å². The second kappa shape index (κ2) is 8.03. The average molecular weight is 438 g/mol. The van der Waals surface area contributed by atoms with Crippen LogP contribution in [0.2, 0.25) is 15.9 Å². The van der Waals surface area contributed by atoms with Gasteiger partial charge < -0.3 is 0 Å². The van der Waals surface area contributed by atoms with Crippen molar-refractivity contribution in [2.24, 2.45) is 5.92 Å². The molecule has 2 unspecified atom stereocenters. The molecule has 2 rings (SSSR count). The van der Waals surface area contributed by atoms with E-state index in [0.717, 1.165) is 6.04 Å². The van der Waals surface area contributed by atoms with E-state index in [-0.39, 0.29) is 3.34 Å². The van der Waals surface area contributed by atoms with Crippen LogP contribution < -0.4 is 5.19 Å². The van der Waals surface area contributed by atoms with Gasteiger partial charge in [-0.1, -0.05) is 0 Å². The quantitative estimate of drug-likeness (QED) is 0.394. The van der Waals surface area contributed by atoms with E-state index in [1.807, 2.05) is 0 Å². The van der Waals surface area contributed by atoms with Gasteiger partial charge in [0, 0.05) is 0 Å². The SMILES string of the molecule is CCCC[Si](C)(c1ccccc1)[C]1([Ti]([Cl])([Cl])[Cl])C=CC(C(C)C)=C1. The van der Waals surface area contributed by atoms with Crippen LogP contribution in [0, 0.1) is 5.92 Å². The van der Waals surface area contributed by atoms with Crippen molar-refractivity contribution < 1.29 is 13.4 Å². The molecule has 1 aliphatic rings. The minimum absolute atomic E-state index is 0.326. The molecule has 0 aliphatic heterocycles. The molecule has 0 saturated carbocycles. The summed E-state index contributed by atoms with van der Waals surface area (Å²) in [4.78, 5) is 0. The fourth-order valence-corrected chi connectivity index (χ4v) is 22.8. The molecule has 0 spiro atoms. The summed E-state index contributed by atoms with van der Waals surface area (Å²) in [6.45, 7) is 9.09. The molecule has 1 aromatic carbocycles. The van der Waals surface area contributed by atoms with Crippen molar-refractivity contribution in [2.45, 2.75) is 49.5 Å². The standard InChI is InChI=1S/C19H27Si.3ClH.Ti/c1-5-6-14-20(4,18-10-8-7-9-11-18)19-13-12-17(15-19)16(2)3;;;;/h7-13,15-16H,5-6,14H2,1-4H3;3*1H;/q;;;;+3/p-3. The van der Waals surface area contributed by atoms with E-state index in [2.05, 4.69) is 75.9 Å². The first kappa shape index (κ1) is 20.8. The molecule has 0 amide bonds. The van der Waals surface area contributed by atoms with Gasteiger partial charge >= 0.3 is 164 Å². The fraction of sp³-hybridized carbons (Fsp3) is 0.474. The summed E-state index contributed by atoms with van der Waals surface area (Å²) in [6, 6.07) is 12.0. The maximum atomic E-state index is 6.84. The summed E-state index contributed by atoms with van der Waals surface area (Å²) >= 11 is -3.60. The minimum atomic E-state index is -3.60. The van der Waals surface area contributed by atoms with E-state index in [1.54, 1.807) is 0 Å². The summed E-state index contributed by atoms with van der Waals surface area (Å²) in [6.07, 6.45) is 9.19. The Morgan fingerprint density at radius 3 is 2.21 bits per heavy atom. The molecule has 0 aromatic heterocycles. The first-order valence-electron chi connectivity index (χ1n) is 8.72. The van der Waals surface area contributed by atoms with Gasteiger partial charge in [-0.3, -0.25) is 0 Å². The number of hydrogen-bond donors (Lipinski definition) is 0. The molecule has 5 heteroatoms. The van der Waals surface area contributed by atoms with Gasteiger partial charge in [0.05, 0.1) is 0 Å². The van der Waals surface area contributed by atoms with Crippen LogP contribution in [0.1, 0.15) is 33.6 Å². The van der Waals surface area contributed by atoms with Crippen LogP contribution in [-0.4, -0.2) is 8.07 Å². The molecule has 132 valence electrons. The fourth-order valence-electron chi connectivity index (χ4n) is 3.70. The maximum absolute atomic E-state index is 6.84. The molecule has 0 radical (unpaired) electrons. The Balaban J connectivity index is 2.67. The Bertz CT molecular complexity index is 621. The normalized spacial score (nSPS) is 23.4. The molecule has 0 fully saturated rings. The monoisotopic (exact) mass is 436 g/mol. The Hall–Kier alpha value is 0.501. The Labute approximate surface area is 163 Å². The van der Waals surface area contributed by atoms with Gasteiger partial charge in [-0.2, -0.15) is 0 Å². The molecule has 24 heavy (non-hydrogen) atoms. The molecule has 0 N–H and O–H groups in total. The van der Waals surface area contributed by atoms with Crippen LogP contribution in [-0.2, 0) is 13.4 Å². The third-order valence-corrected chi connectivity index (χ3v) is 22.4. The van der Waals surface area contributed by atoms with Crippen molar-refractivity contribution in [1.29, 1.82) is 0 Å². The van der Waals surface area contributed by atoms with Gasteiger partial charge in [-0.15, -0.1) is 0 Å². The van der Waals surface area contributed by atoms with Crippen molar-refractivity contribution in [3.63, 3.8) is 0 Å². The van der Waals surface area contributed by atoms with Gasteiger partial charge in [-0.25, -0.2) is 0 Å². The second-order valence-electron chi connectivity index (χ2n) is 7.30. The van der Waals surface area contributed by atoms with Crippen LogP contribution in [0.4, 0.5) is 0 Å². The van der Waals surface area contributed by atoms with Gasteiger partial charge in [0.2, 0.25) is 0 Å². The van der Waals surface area contributed by atoms with Crippen LogP contribution in [0.15, 0.2) is 54.1 Å². The van der Waals surface area contributed by atoms with Crippen LogP contribution >= 0.6 is 27.9 Å². The van der Waals surface area contributed by atoms with E-state index in [1.165, 1.54) is 23.6 Å². The van der Waals surface area contributed by atoms with Crippen molar-refractivity contribution in [1.82, 2.24) is 0 Å². The molecule has 0 heterocycles. The van der Waals surface area contributed by atoms with Gasteiger partial charge in [0.1, 0.15) is 0 Å². The first-order chi connectivity index (χ1) is 11.2. The number of halogens is 3. The summed E-state index contributed by atoms with van der Waals surface area (Å²) in [5.41, 5.74) is 1.32. The Morgan fingerprint density at radius 2 is 1.75 bits per heavy atom. The topological polar surface area (TPSA) is 0 Å². The summed E-state index contributed by atoms with van der Waals surface area (Å²) in [5.74, 6) is 0.457. The van der Waals surface area contributed by atoms with Gasteiger partial charge in [-0.05, 0) is 0 Å². The number of hydrogen-bond acceptors (Lipinski definition) is 0. The third kappa shape index (κ3) is 3.77. The van der Waals surface area contributed by atoms with E-state index in [0.29, 0.717) is 5.92 Å². The molecule has 2 atom stereocenters. The molecule has 0 bridgehead atoms. The van der Waals surface area contributed by atoms with Gasteiger partial charge in [0.25, 0.3) is 0 Å². The van der Waals surface area contributed by atoms with Crippen LogP contribution in [0.5, 0.6) is 0 Å². The van der Waals surface area contributed by atoms with Crippen LogP contribution in [0.25, 0.3) is 0 Å². The molecule has 0 saturated heterocycles. The van der Waals surface area contributed by atoms with E-state index in [4.69, 9.17) is 27.9 Å². The summed E-state index contributed by atoms with van der Waals surface area (Å²) in [7, 11) is 18.4. The summed E-state index contributed by atoms with van der Waals surface area (Å²) in [5, 5.41) is 1.40. The van der Waals surface area contributed by atoms with Crippen LogP contribution in [0.3, 0.4) is 0 Å². The molecule has 0 nitrogen and oxygen atoms in total. The zero-order valence-electron chi connectivity index (χ0n) is 15.0. The second-order valence-corrected chi connectivity index (χ2v) is 24.9. The first-order valence-corrected chi connectivity index (χ1v) is 18.7. The number of allylic oxidation sites excluding steroid dienone is 4. The Kier molecular flexibility index (Phi) is 6.96. The summed E-state index contributed by atoms with van der Waals surface area (Å²) < 4.78 is -0.326. The number of unbranched alkanes of at least 4 members (excludes halogenated alkanes) is 1. The van der Waals surface area contributed by atoms with E-state index in [9.17, 15) is 0 Å². The molecular weight excluding hydrogens is 411 g/mol. The number of benzene rings is 1. The van der Waals surface area contributed by atoms with Gasteiger partial charge in [0.15, 0.2) is 0 Å². The zero-order chi connectivity index (χ0) is 18.0. The zero-order valence-corrected chi connectivity index (χ0v) is 19.8. The van der Waals surface area contributed by atoms with E-state index < -0.39 is 21.5 Å². The average Bonchev–Trinajstić information content (AvgIpc) is 3.00.